The van der Waals surface area contributed by atoms with Crippen molar-refractivity contribution >= 4 is 17.3 Å². The third-order valence-electron chi connectivity index (χ3n) is 6.42. The number of amides is 1. The molecule has 4 aromatic rings. The minimum atomic E-state index is -0.0737. The summed E-state index contributed by atoms with van der Waals surface area (Å²) in [7, 11) is 0. The fourth-order valence-corrected chi connectivity index (χ4v) is 4.58. The van der Waals surface area contributed by atoms with Crippen LogP contribution in [-0.4, -0.2) is 48.4 Å². The van der Waals surface area contributed by atoms with E-state index in [9.17, 15) is 4.79 Å². The predicted octanol–water partition coefficient (Wildman–Crippen LogP) is 4.84. The van der Waals surface area contributed by atoms with E-state index in [1.807, 2.05) is 41.3 Å². The number of hydrogen-bond acceptors (Lipinski definition) is 6. The van der Waals surface area contributed by atoms with Gasteiger partial charge in [-0.1, -0.05) is 30.3 Å². The Labute approximate surface area is 211 Å². The van der Waals surface area contributed by atoms with Gasteiger partial charge in [0.1, 0.15) is 11.5 Å². The summed E-state index contributed by atoms with van der Waals surface area (Å²) in [5.41, 5.74) is 3.34. The van der Waals surface area contributed by atoms with E-state index in [0.29, 0.717) is 13.1 Å². The van der Waals surface area contributed by atoms with Crippen LogP contribution >= 0.6 is 0 Å². The van der Waals surface area contributed by atoms with Gasteiger partial charge in [0.05, 0.1) is 32.2 Å². The number of furan rings is 2. The first kappa shape index (κ1) is 23.9. The minimum Gasteiger partial charge on any atom is -0.468 e. The third-order valence-corrected chi connectivity index (χ3v) is 6.42. The second kappa shape index (κ2) is 11.7. The lowest BCUT2D eigenvalue weighted by Gasteiger charge is -2.36. The summed E-state index contributed by atoms with van der Waals surface area (Å²) in [4.78, 5) is 19.7. The number of benzene rings is 2. The molecule has 1 aliphatic rings. The molecule has 0 spiro atoms. The first-order chi connectivity index (χ1) is 17.7. The van der Waals surface area contributed by atoms with Crippen molar-refractivity contribution in [2.45, 2.75) is 19.6 Å². The molecule has 0 atom stereocenters. The van der Waals surface area contributed by atoms with Gasteiger partial charge in [-0.05, 0) is 54.1 Å². The maximum Gasteiger partial charge on any atom is 0.238 e. The Balaban J connectivity index is 1.12. The van der Waals surface area contributed by atoms with Crippen LogP contribution in [0.25, 0.3) is 0 Å². The van der Waals surface area contributed by atoms with Crippen molar-refractivity contribution in [2.75, 3.05) is 42.9 Å². The van der Waals surface area contributed by atoms with Crippen molar-refractivity contribution in [2.24, 2.45) is 0 Å². The number of hydrogen-bond donors (Lipinski definition) is 1. The molecule has 36 heavy (non-hydrogen) atoms. The number of nitrogens with one attached hydrogen (secondary N) is 1. The summed E-state index contributed by atoms with van der Waals surface area (Å²) >= 11 is 0. The van der Waals surface area contributed by atoms with Gasteiger partial charge in [0.15, 0.2) is 0 Å². The zero-order valence-electron chi connectivity index (χ0n) is 20.4. The smallest absolute Gasteiger partial charge is 0.238 e. The number of nitrogens with zero attached hydrogens (tertiary/aromatic N) is 3. The monoisotopic (exact) mass is 484 g/mol. The van der Waals surface area contributed by atoms with E-state index >= 15 is 0 Å². The lowest BCUT2D eigenvalue weighted by molar-refractivity contribution is -0.117. The van der Waals surface area contributed by atoms with E-state index in [1.165, 1.54) is 11.3 Å². The molecule has 1 N–H and O–H groups in total. The van der Waals surface area contributed by atoms with Gasteiger partial charge < -0.3 is 19.1 Å². The second-order valence-electron chi connectivity index (χ2n) is 9.15. The molecule has 2 aromatic carbocycles. The minimum absolute atomic E-state index is 0.0737. The molecule has 0 saturated carbocycles. The molecule has 3 heterocycles. The normalized spacial score (nSPS) is 14.3. The zero-order valence-corrected chi connectivity index (χ0v) is 20.4. The van der Waals surface area contributed by atoms with Gasteiger partial charge in [-0.2, -0.15) is 0 Å². The molecule has 7 heteroatoms. The fourth-order valence-electron chi connectivity index (χ4n) is 4.58. The van der Waals surface area contributed by atoms with Crippen LogP contribution in [0.4, 0.5) is 11.4 Å². The summed E-state index contributed by atoms with van der Waals surface area (Å²) in [6.45, 7) is 6.33. The van der Waals surface area contributed by atoms with Crippen LogP contribution in [0.5, 0.6) is 0 Å². The number of anilines is 2. The molecule has 5 rings (SSSR count). The molecule has 1 aliphatic heterocycles. The predicted molar refractivity (Wildman–Crippen MR) is 141 cm³/mol. The zero-order chi connectivity index (χ0) is 24.6. The Kier molecular flexibility index (Phi) is 7.80. The second-order valence-corrected chi connectivity index (χ2v) is 9.15. The standard InChI is InChI=1S/C29H32N4O3/c34-29(23-32(21-27-8-4-18-35-27)22-28-9-5-19-36-28)30-25-10-12-26(13-11-25)33-16-14-31(15-17-33)20-24-6-2-1-3-7-24/h1-13,18-19H,14-17,20-23H2,(H,30,34). The topological polar surface area (TPSA) is 65.1 Å². The van der Waals surface area contributed by atoms with E-state index in [-0.39, 0.29) is 12.5 Å². The Morgan fingerprint density at radius 3 is 2.00 bits per heavy atom. The molecule has 186 valence electrons. The number of piperazine rings is 1. The maximum absolute atomic E-state index is 12.8. The first-order valence-corrected chi connectivity index (χ1v) is 12.4. The van der Waals surface area contributed by atoms with Crippen molar-refractivity contribution in [3.63, 3.8) is 0 Å². The lowest BCUT2D eigenvalue weighted by Crippen LogP contribution is -2.45. The van der Waals surface area contributed by atoms with Gasteiger partial charge in [-0.25, -0.2) is 0 Å². The Morgan fingerprint density at radius 1 is 0.778 bits per heavy atom. The van der Waals surface area contributed by atoms with Gasteiger partial charge in [0.25, 0.3) is 0 Å². The van der Waals surface area contributed by atoms with E-state index in [4.69, 9.17) is 8.83 Å². The molecular formula is C29H32N4O3. The molecule has 7 nitrogen and oxygen atoms in total. The highest BCUT2D eigenvalue weighted by Crippen LogP contribution is 2.20. The van der Waals surface area contributed by atoms with Gasteiger partial charge in [-0.15, -0.1) is 0 Å². The van der Waals surface area contributed by atoms with Crippen LogP contribution in [0.1, 0.15) is 17.1 Å². The number of rotatable bonds is 10. The fraction of sp³-hybridized carbons (Fsp3) is 0.276. The van der Waals surface area contributed by atoms with Crippen LogP contribution < -0.4 is 10.2 Å². The van der Waals surface area contributed by atoms with E-state index < -0.39 is 0 Å². The van der Waals surface area contributed by atoms with E-state index in [1.54, 1.807) is 12.5 Å². The molecule has 1 amide bonds. The molecule has 0 aliphatic carbocycles. The average Bonchev–Trinajstić information content (AvgIpc) is 3.60. The van der Waals surface area contributed by atoms with Crippen molar-refractivity contribution in [1.82, 2.24) is 9.80 Å². The average molecular weight is 485 g/mol. The highest BCUT2D eigenvalue weighted by molar-refractivity contribution is 5.92. The van der Waals surface area contributed by atoms with Gasteiger partial charge in [-0.3, -0.25) is 14.6 Å². The van der Waals surface area contributed by atoms with Crippen LogP contribution in [0.3, 0.4) is 0 Å². The summed E-state index contributed by atoms with van der Waals surface area (Å²) in [6, 6.07) is 26.3. The lowest BCUT2D eigenvalue weighted by atomic mass is 10.2. The molecule has 1 fully saturated rings. The third kappa shape index (κ3) is 6.65. The van der Waals surface area contributed by atoms with Crippen LogP contribution in [-0.2, 0) is 24.4 Å². The van der Waals surface area contributed by atoms with Crippen LogP contribution in [0, 0.1) is 0 Å². The molecule has 0 radical (unpaired) electrons. The van der Waals surface area contributed by atoms with Crippen molar-refractivity contribution in [3.05, 3.63) is 108 Å². The van der Waals surface area contributed by atoms with E-state index in [0.717, 1.165) is 49.9 Å². The van der Waals surface area contributed by atoms with E-state index in [2.05, 4.69) is 57.6 Å². The Bertz CT molecular complexity index is 1150. The van der Waals surface area contributed by atoms with Crippen LogP contribution in [0.15, 0.2) is 100 Å². The highest BCUT2D eigenvalue weighted by Gasteiger charge is 2.18. The summed E-state index contributed by atoms with van der Waals surface area (Å²) in [6.07, 6.45) is 3.29. The molecular weight excluding hydrogens is 452 g/mol. The SMILES string of the molecule is O=C(CN(Cc1ccco1)Cc1ccco1)Nc1ccc(N2CCN(Cc3ccccc3)CC2)cc1. The molecule has 1 saturated heterocycles. The van der Waals surface area contributed by atoms with Crippen molar-refractivity contribution in [1.29, 1.82) is 0 Å². The van der Waals surface area contributed by atoms with Gasteiger partial charge in [0, 0.05) is 44.1 Å². The number of carbonyl (C=O) groups is 1. The summed E-state index contributed by atoms with van der Waals surface area (Å²) < 4.78 is 11.0. The van der Waals surface area contributed by atoms with Gasteiger partial charge in [0.2, 0.25) is 5.91 Å². The van der Waals surface area contributed by atoms with Crippen LogP contribution in [0.2, 0.25) is 0 Å². The number of carbonyl (C=O) groups excluding carboxylic acids is 1. The quantitative estimate of drug-likeness (QED) is 0.348. The summed E-state index contributed by atoms with van der Waals surface area (Å²) in [5.74, 6) is 1.54. The van der Waals surface area contributed by atoms with Crippen molar-refractivity contribution in [3.8, 4) is 0 Å². The molecule has 0 unspecified atom stereocenters. The van der Waals surface area contributed by atoms with Gasteiger partial charge >= 0.3 is 0 Å². The largest absolute Gasteiger partial charge is 0.468 e. The first-order valence-electron chi connectivity index (χ1n) is 12.4. The molecule has 0 bridgehead atoms. The Morgan fingerprint density at radius 2 is 1.42 bits per heavy atom. The van der Waals surface area contributed by atoms with Crippen molar-refractivity contribution < 1.29 is 13.6 Å². The highest BCUT2D eigenvalue weighted by atomic mass is 16.3. The maximum atomic E-state index is 12.8. The molecule has 2 aromatic heterocycles. The Hall–Kier alpha value is -3.81. The summed E-state index contributed by atoms with van der Waals surface area (Å²) in [5, 5.41) is 3.03.